The first-order valence-electron chi connectivity index (χ1n) is 8.20. The van der Waals surface area contributed by atoms with Crippen LogP contribution in [0.5, 0.6) is 0 Å². The van der Waals surface area contributed by atoms with Gasteiger partial charge in [0.25, 0.3) is 0 Å². The molecule has 2 N–H and O–H groups in total. The molecule has 2 rings (SSSR count). The van der Waals surface area contributed by atoms with Crippen LogP contribution in [0, 0.1) is 5.92 Å². The minimum Gasteiger partial charge on any atom is -0.392 e. The molecule has 0 aliphatic carbocycles. The topological polar surface area (TPSA) is 65.5 Å². The zero-order valence-electron chi connectivity index (χ0n) is 13.5. The number of amides is 1. The molecule has 0 aromatic carbocycles. The van der Waals surface area contributed by atoms with Gasteiger partial charge < -0.3 is 10.4 Å². The van der Waals surface area contributed by atoms with Gasteiger partial charge in [0.05, 0.1) is 16.8 Å². The standard InChI is InChI=1S/C16H27N3O2S/c1-3-4-15-18-14(11-22-15)10-19-7-5-13(6-8-19)16(21)17-9-12(2)20/h11-13,20H,3-10H2,1-2H3,(H,17,21)/t12-/m1/s1. The van der Waals surface area contributed by atoms with Crippen LogP contribution in [-0.2, 0) is 17.8 Å². The highest BCUT2D eigenvalue weighted by Crippen LogP contribution is 2.20. The highest BCUT2D eigenvalue weighted by Gasteiger charge is 2.25. The number of nitrogens with zero attached hydrogens (tertiary/aromatic N) is 2. The fourth-order valence-electron chi connectivity index (χ4n) is 2.73. The van der Waals surface area contributed by atoms with Gasteiger partial charge >= 0.3 is 0 Å². The van der Waals surface area contributed by atoms with E-state index in [-0.39, 0.29) is 11.8 Å². The van der Waals surface area contributed by atoms with E-state index in [4.69, 9.17) is 0 Å². The second-order valence-corrected chi connectivity index (χ2v) is 7.07. The summed E-state index contributed by atoms with van der Waals surface area (Å²) in [5, 5.41) is 15.4. The van der Waals surface area contributed by atoms with Crippen LogP contribution < -0.4 is 5.32 Å². The number of aryl methyl sites for hydroxylation is 1. The summed E-state index contributed by atoms with van der Waals surface area (Å²) in [7, 11) is 0. The van der Waals surface area contributed by atoms with Gasteiger partial charge in [-0.2, -0.15) is 0 Å². The van der Waals surface area contributed by atoms with Crippen molar-refractivity contribution in [1.82, 2.24) is 15.2 Å². The maximum Gasteiger partial charge on any atom is 0.223 e. The number of likely N-dealkylation sites (tertiary alicyclic amines) is 1. The highest BCUT2D eigenvalue weighted by atomic mass is 32.1. The minimum atomic E-state index is -0.481. The van der Waals surface area contributed by atoms with E-state index < -0.39 is 6.10 Å². The van der Waals surface area contributed by atoms with E-state index >= 15 is 0 Å². The quantitative estimate of drug-likeness (QED) is 0.802. The summed E-state index contributed by atoms with van der Waals surface area (Å²) in [6, 6.07) is 0. The van der Waals surface area contributed by atoms with Gasteiger partial charge in [-0.25, -0.2) is 4.98 Å². The number of piperidine rings is 1. The Kier molecular flexibility index (Phi) is 6.79. The predicted octanol–water partition coefficient (Wildman–Crippen LogP) is 1.80. The summed E-state index contributed by atoms with van der Waals surface area (Å²) >= 11 is 1.75. The van der Waals surface area contributed by atoms with Gasteiger partial charge in [0.2, 0.25) is 5.91 Å². The van der Waals surface area contributed by atoms with E-state index in [0.717, 1.165) is 51.0 Å². The SMILES string of the molecule is CCCc1nc(CN2CCC(C(=O)NC[C@@H](C)O)CC2)cs1. The van der Waals surface area contributed by atoms with Crippen LogP contribution in [0.1, 0.15) is 43.8 Å². The number of hydrogen-bond donors (Lipinski definition) is 2. The molecule has 1 amide bonds. The average Bonchev–Trinajstić information content (AvgIpc) is 2.93. The number of thiazole rings is 1. The summed E-state index contributed by atoms with van der Waals surface area (Å²) in [5.74, 6) is 0.167. The molecule has 1 atom stereocenters. The maximum atomic E-state index is 12.0. The van der Waals surface area contributed by atoms with Crippen LogP contribution in [-0.4, -0.2) is 46.6 Å². The number of hydrogen-bond acceptors (Lipinski definition) is 5. The highest BCUT2D eigenvalue weighted by molar-refractivity contribution is 7.09. The fourth-order valence-corrected chi connectivity index (χ4v) is 3.62. The first kappa shape index (κ1) is 17.4. The maximum absolute atomic E-state index is 12.0. The van der Waals surface area contributed by atoms with Crippen LogP contribution in [0.15, 0.2) is 5.38 Å². The molecule has 5 nitrogen and oxygen atoms in total. The molecule has 1 aromatic rings. The molecular weight excluding hydrogens is 298 g/mol. The van der Waals surface area contributed by atoms with E-state index in [9.17, 15) is 9.90 Å². The summed E-state index contributed by atoms with van der Waals surface area (Å²) in [6.07, 6.45) is 3.50. The zero-order chi connectivity index (χ0) is 15.9. The molecular formula is C16H27N3O2S. The van der Waals surface area contributed by atoms with E-state index in [1.54, 1.807) is 18.3 Å². The normalized spacial score (nSPS) is 18.3. The molecule has 0 spiro atoms. The van der Waals surface area contributed by atoms with Crippen molar-refractivity contribution >= 4 is 17.2 Å². The van der Waals surface area contributed by atoms with Crippen LogP contribution >= 0.6 is 11.3 Å². The average molecular weight is 325 g/mol. The van der Waals surface area contributed by atoms with Crippen molar-refractivity contribution in [2.75, 3.05) is 19.6 Å². The third-order valence-corrected chi connectivity index (χ3v) is 4.94. The van der Waals surface area contributed by atoms with Crippen molar-refractivity contribution in [2.45, 2.75) is 52.2 Å². The molecule has 22 heavy (non-hydrogen) atoms. The van der Waals surface area contributed by atoms with Gasteiger partial charge in [0, 0.05) is 24.4 Å². The van der Waals surface area contributed by atoms with Crippen molar-refractivity contribution in [3.05, 3.63) is 16.1 Å². The van der Waals surface area contributed by atoms with Crippen molar-refractivity contribution in [3.63, 3.8) is 0 Å². The molecule has 1 saturated heterocycles. The molecule has 124 valence electrons. The number of aromatic nitrogens is 1. The molecule has 6 heteroatoms. The molecule has 1 aliphatic heterocycles. The number of carbonyl (C=O) groups excluding carboxylic acids is 1. The number of nitrogens with one attached hydrogen (secondary N) is 1. The van der Waals surface area contributed by atoms with Crippen molar-refractivity contribution < 1.29 is 9.90 Å². The first-order valence-corrected chi connectivity index (χ1v) is 9.07. The predicted molar refractivity (Wildman–Crippen MR) is 88.8 cm³/mol. The third kappa shape index (κ3) is 5.34. The molecule has 1 aromatic heterocycles. The third-order valence-electron chi connectivity index (χ3n) is 3.98. The number of aliphatic hydroxyl groups is 1. The van der Waals surface area contributed by atoms with Crippen molar-refractivity contribution in [3.8, 4) is 0 Å². The van der Waals surface area contributed by atoms with Crippen LogP contribution in [0.2, 0.25) is 0 Å². The Hall–Kier alpha value is -0.980. The van der Waals surface area contributed by atoms with Gasteiger partial charge in [0.1, 0.15) is 0 Å². The summed E-state index contributed by atoms with van der Waals surface area (Å²) in [5.41, 5.74) is 1.16. The smallest absolute Gasteiger partial charge is 0.223 e. The second-order valence-electron chi connectivity index (χ2n) is 6.13. The fraction of sp³-hybridized carbons (Fsp3) is 0.750. The monoisotopic (exact) mass is 325 g/mol. The Morgan fingerprint density at radius 1 is 1.55 bits per heavy atom. The lowest BCUT2D eigenvalue weighted by atomic mass is 9.96. The Bertz CT molecular complexity index is 468. The van der Waals surface area contributed by atoms with Crippen molar-refractivity contribution in [1.29, 1.82) is 0 Å². The Morgan fingerprint density at radius 2 is 2.27 bits per heavy atom. The molecule has 2 heterocycles. The zero-order valence-corrected chi connectivity index (χ0v) is 14.4. The number of aliphatic hydroxyl groups excluding tert-OH is 1. The summed E-state index contributed by atoms with van der Waals surface area (Å²) < 4.78 is 0. The van der Waals surface area contributed by atoms with E-state index in [2.05, 4.69) is 27.5 Å². The lowest BCUT2D eigenvalue weighted by Gasteiger charge is -2.30. The van der Waals surface area contributed by atoms with Gasteiger partial charge in [-0.3, -0.25) is 9.69 Å². The van der Waals surface area contributed by atoms with Crippen LogP contribution in [0.3, 0.4) is 0 Å². The van der Waals surface area contributed by atoms with Gasteiger partial charge in [-0.15, -0.1) is 11.3 Å². The molecule has 0 saturated carbocycles. The van der Waals surface area contributed by atoms with E-state index in [1.165, 1.54) is 5.01 Å². The Balaban J connectivity index is 1.73. The lowest BCUT2D eigenvalue weighted by molar-refractivity contribution is -0.126. The molecule has 0 radical (unpaired) electrons. The molecule has 0 unspecified atom stereocenters. The van der Waals surface area contributed by atoms with Crippen LogP contribution in [0.4, 0.5) is 0 Å². The Morgan fingerprint density at radius 3 is 2.91 bits per heavy atom. The van der Waals surface area contributed by atoms with Gasteiger partial charge in [-0.05, 0) is 45.7 Å². The lowest BCUT2D eigenvalue weighted by Crippen LogP contribution is -2.41. The summed E-state index contributed by atoms with van der Waals surface area (Å²) in [4.78, 5) is 19.0. The first-order chi connectivity index (χ1) is 10.6. The van der Waals surface area contributed by atoms with Crippen molar-refractivity contribution in [2.24, 2.45) is 5.92 Å². The van der Waals surface area contributed by atoms with E-state index in [0.29, 0.717) is 6.54 Å². The Labute approximate surface area is 136 Å². The number of carbonyl (C=O) groups is 1. The molecule has 1 aliphatic rings. The van der Waals surface area contributed by atoms with E-state index in [1.807, 2.05) is 0 Å². The second kappa shape index (κ2) is 8.60. The van der Waals surface area contributed by atoms with Gasteiger partial charge in [0.15, 0.2) is 0 Å². The molecule has 1 fully saturated rings. The van der Waals surface area contributed by atoms with Crippen LogP contribution in [0.25, 0.3) is 0 Å². The molecule has 0 bridgehead atoms. The minimum absolute atomic E-state index is 0.0828. The largest absolute Gasteiger partial charge is 0.392 e. The van der Waals surface area contributed by atoms with Gasteiger partial charge in [-0.1, -0.05) is 6.92 Å². The summed E-state index contributed by atoms with van der Waals surface area (Å²) in [6.45, 7) is 6.97. The number of rotatable bonds is 7.